The van der Waals surface area contributed by atoms with Crippen LogP contribution in [-0.4, -0.2) is 49.6 Å². The average molecular weight is 340 g/mol. The van der Waals surface area contributed by atoms with Crippen LogP contribution in [0.2, 0.25) is 0 Å². The SMILES string of the molecule is O=C(/C=C/c1ccco1)OCC(=O)N1CCN(c2ccccc2)CC1. The molecule has 1 amide bonds. The largest absolute Gasteiger partial charge is 0.465 e. The van der Waals surface area contributed by atoms with Gasteiger partial charge >= 0.3 is 5.97 Å². The molecule has 6 heteroatoms. The number of hydrogen-bond donors (Lipinski definition) is 0. The van der Waals surface area contributed by atoms with Gasteiger partial charge in [0.2, 0.25) is 0 Å². The zero-order chi connectivity index (χ0) is 17.5. The third-order valence-electron chi connectivity index (χ3n) is 4.02. The fraction of sp³-hybridized carbons (Fsp3) is 0.263. The van der Waals surface area contributed by atoms with Crippen LogP contribution in [0, 0.1) is 0 Å². The third-order valence-corrected chi connectivity index (χ3v) is 4.02. The van der Waals surface area contributed by atoms with Crippen LogP contribution in [0.3, 0.4) is 0 Å². The lowest BCUT2D eigenvalue weighted by atomic mass is 10.2. The second-order valence-electron chi connectivity index (χ2n) is 5.66. The fourth-order valence-electron chi connectivity index (χ4n) is 2.66. The maximum absolute atomic E-state index is 12.2. The second-order valence-corrected chi connectivity index (χ2v) is 5.66. The van der Waals surface area contributed by atoms with Gasteiger partial charge in [-0.05, 0) is 30.3 Å². The Kier molecular flexibility index (Phi) is 5.51. The molecule has 0 saturated carbocycles. The molecule has 0 spiro atoms. The maximum Gasteiger partial charge on any atom is 0.331 e. The first-order chi connectivity index (χ1) is 12.2. The number of piperazine rings is 1. The lowest BCUT2D eigenvalue weighted by molar-refractivity contribution is -0.148. The molecular formula is C19H20N2O4. The van der Waals surface area contributed by atoms with Gasteiger partial charge in [-0.3, -0.25) is 4.79 Å². The van der Waals surface area contributed by atoms with Gasteiger partial charge in [-0.15, -0.1) is 0 Å². The summed E-state index contributed by atoms with van der Waals surface area (Å²) in [7, 11) is 0. The van der Waals surface area contributed by atoms with Crippen LogP contribution >= 0.6 is 0 Å². The second kappa shape index (κ2) is 8.19. The normalized spacial score (nSPS) is 14.7. The van der Waals surface area contributed by atoms with Crippen molar-refractivity contribution in [1.29, 1.82) is 0 Å². The Labute approximate surface area is 146 Å². The van der Waals surface area contributed by atoms with Crippen molar-refractivity contribution in [2.45, 2.75) is 0 Å². The quantitative estimate of drug-likeness (QED) is 0.617. The lowest BCUT2D eigenvalue weighted by Crippen LogP contribution is -2.49. The van der Waals surface area contributed by atoms with E-state index in [9.17, 15) is 9.59 Å². The Morgan fingerprint density at radius 1 is 1.04 bits per heavy atom. The number of para-hydroxylation sites is 1. The first-order valence-corrected chi connectivity index (χ1v) is 8.18. The summed E-state index contributed by atoms with van der Waals surface area (Å²) < 4.78 is 10.1. The van der Waals surface area contributed by atoms with Crippen molar-refractivity contribution in [2.24, 2.45) is 0 Å². The first-order valence-electron chi connectivity index (χ1n) is 8.18. The van der Waals surface area contributed by atoms with Crippen molar-refractivity contribution < 1.29 is 18.7 Å². The minimum atomic E-state index is -0.562. The predicted octanol–water partition coefficient (Wildman–Crippen LogP) is 2.18. The van der Waals surface area contributed by atoms with Crippen LogP contribution < -0.4 is 4.90 Å². The van der Waals surface area contributed by atoms with E-state index in [0.717, 1.165) is 18.8 Å². The molecule has 1 aliphatic heterocycles. The van der Waals surface area contributed by atoms with E-state index in [4.69, 9.17) is 9.15 Å². The standard InChI is InChI=1S/C19H20N2O4/c22-18(15-25-19(23)9-8-17-7-4-14-24-17)21-12-10-20(11-13-21)16-5-2-1-3-6-16/h1-9,14H,10-13,15H2/b9-8+. The molecule has 0 bridgehead atoms. The van der Waals surface area contributed by atoms with Crippen LogP contribution in [0.1, 0.15) is 5.76 Å². The molecule has 1 saturated heterocycles. The van der Waals surface area contributed by atoms with E-state index in [-0.39, 0.29) is 12.5 Å². The Morgan fingerprint density at radius 3 is 2.48 bits per heavy atom. The van der Waals surface area contributed by atoms with Gasteiger partial charge in [0.25, 0.3) is 5.91 Å². The van der Waals surface area contributed by atoms with Crippen molar-refractivity contribution >= 4 is 23.6 Å². The van der Waals surface area contributed by atoms with Gasteiger partial charge in [-0.25, -0.2) is 4.79 Å². The van der Waals surface area contributed by atoms with Gasteiger partial charge in [-0.1, -0.05) is 18.2 Å². The van der Waals surface area contributed by atoms with Crippen LogP contribution in [0.5, 0.6) is 0 Å². The Hall–Kier alpha value is -3.02. The number of ether oxygens (including phenoxy) is 1. The molecule has 0 N–H and O–H groups in total. The number of benzene rings is 1. The molecule has 0 aliphatic carbocycles. The number of nitrogens with zero attached hydrogens (tertiary/aromatic N) is 2. The van der Waals surface area contributed by atoms with E-state index < -0.39 is 5.97 Å². The average Bonchev–Trinajstić information content (AvgIpc) is 3.19. The number of anilines is 1. The van der Waals surface area contributed by atoms with Crippen LogP contribution in [-0.2, 0) is 14.3 Å². The van der Waals surface area contributed by atoms with Gasteiger partial charge in [0.05, 0.1) is 6.26 Å². The van der Waals surface area contributed by atoms with Crippen molar-refractivity contribution in [1.82, 2.24) is 4.90 Å². The molecule has 130 valence electrons. The Balaban J connectivity index is 1.41. The van der Waals surface area contributed by atoms with Gasteiger partial charge in [-0.2, -0.15) is 0 Å². The molecule has 25 heavy (non-hydrogen) atoms. The molecule has 0 atom stereocenters. The highest BCUT2D eigenvalue weighted by Gasteiger charge is 2.21. The number of rotatable bonds is 5. The van der Waals surface area contributed by atoms with E-state index >= 15 is 0 Å². The summed E-state index contributed by atoms with van der Waals surface area (Å²) in [4.78, 5) is 27.8. The molecule has 1 aromatic carbocycles. The van der Waals surface area contributed by atoms with E-state index in [2.05, 4.69) is 17.0 Å². The van der Waals surface area contributed by atoms with E-state index in [1.54, 1.807) is 17.0 Å². The van der Waals surface area contributed by atoms with Crippen LogP contribution in [0.25, 0.3) is 6.08 Å². The lowest BCUT2D eigenvalue weighted by Gasteiger charge is -2.36. The molecule has 6 nitrogen and oxygen atoms in total. The minimum absolute atomic E-state index is 0.174. The third kappa shape index (κ3) is 4.73. The number of carbonyl (C=O) groups excluding carboxylic acids is 2. The van der Waals surface area contributed by atoms with Crippen molar-refractivity contribution in [3.05, 3.63) is 60.6 Å². The Bertz CT molecular complexity index is 717. The molecule has 1 aromatic heterocycles. The van der Waals surface area contributed by atoms with Gasteiger partial charge in [0, 0.05) is 37.9 Å². The number of hydrogen-bond acceptors (Lipinski definition) is 5. The summed E-state index contributed by atoms with van der Waals surface area (Å²) in [5, 5.41) is 0. The van der Waals surface area contributed by atoms with Crippen molar-refractivity contribution in [2.75, 3.05) is 37.7 Å². The van der Waals surface area contributed by atoms with Gasteiger partial charge in [0.15, 0.2) is 6.61 Å². The highest BCUT2D eigenvalue weighted by Crippen LogP contribution is 2.15. The summed E-state index contributed by atoms with van der Waals surface area (Å²) in [5.74, 6) is -0.180. The molecule has 1 fully saturated rings. The Morgan fingerprint density at radius 2 is 1.80 bits per heavy atom. The number of esters is 1. The zero-order valence-corrected chi connectivity index (χ0v) is 13.8. The minimum Gasteiger partial charge on any atom is -0.465 e. The molecular weight excluding hydrogens is 320 g/mol. The molecule has 2 heterocycles. The van der Waals surface area contributed by atoms with E-state index in [1.165, 1.54) is 18.4 Å². The topological polar surface area (TPSA) is 63.0 Å². The summed E-state index contributed by atoms with van der Waals surface area (Å²) in [6.07, 6.45) is 4.27. The van der Waals surface area contributed by atoms with E-state index in [0.29, 0.717) is 18.8 Å². The van der Waals surface area contributed by atoms with Gasteiger partial charge in [0.1, 0.15) is 5.76 Å². The highest BCUT2D eigenvalue weighted by atomic mass is 16.5. The van der Waals surface area contributed by atoms with Crippen LogP contribution in [0.15, 0.2) is 59.2 Å². The highest BCUT2D eigenvalue weighted by molar-refractivity contribution is 5.89. The monoisotopic (exact) mass is 340 g/mol. The van der Waals surface area contributed by atoms with Crippen molar-refractivity contribution in [3.8, 4) is 0 Å². The van der Waals surface area contributed by atoms with Gasteiger partial charge < -0.3 is 19.0 Å². The van der Waals surface area contributed by atoms with Crippen LogP contribution in [0.4, 0.5) is 5.69 Å². The summed E-state index contributed by atoms with van der Waals surface area (Å²) in [6, 6.07) is 13.6. The zero-order valence-electron chi connectivity index (χ0n) is 13.8. The smallest absolute Gasteiger partial charge is 0.331 e. The summed E-state index contributed by atoms with van der Waals surface area (Å²) in [6.45, 7) is 2.53. The summed E-state index contributed by atoms with van der Waals surface area (Å²) >= 11 is 0. The number of furan rings is 1. The van der Waals surface area contributed by atoms with Crippen molar-refractivity contribution in [3.63, 3.8) is 0 Å². The first kappa shape index (κ1) is 16.8. The van der Waals surface area contributed by atoms with E-state index in [1.807, 2.05) is 18.2 Å². The fourth-order valence-corrected chi connectivity index (χ4v) is 2.66. The molecule has 1 aliphatic rings. The molecule has 0 unspecified atom stereocenters. The molecule has 0 radical (unpaired) electrons. The number of carbonyl (C=O) groups is 2. The number of amides is 1. The maximum atomic E-state index is 12.2. The molecule has 3 rings (SSSR count). The summed E-state index contributed by atoms with van der Waals surface area (Å²) in [5.41, 5.74) is 1.16. The molecule has 2 aromatic rings. The predicted molar refractivity (Wildman–Crippen MR) is 93.9 cm³/mol.